The van der Waals surface area contributed by atoms with Gasteiger partial charge in [0.2, 0.25) is 11.8 Å². The first kappa shape index (κ1) is 22.3. The number of nitrogens with zero attached hydrogens (tertiary/aromatic N) is 1. The molecular formula is C26H27N3O4. The Balaban J connectivity index is 1.63. The molecule has 170 valence electrons. The zero-order valence-corrected chi connectivity index (χ0v) is 18.3. The zero-order chi connectivity index (χ0) is 23.0. The van der Waals surface area contributed by atoms with Crippen LogP contribution >= 0.6 is 0 Å². The topological polar surface area (TPSA) is 91.7 Å². The van der Waals surface area contributed by atoms with Crippen molar-refractivity contribution in [3.63, 3.8) is 0 Å². The van der Waals surface area contributed by atoms with Crippen molar-refractivity contribution in [2.45, 2.75) is 37.8 Å². The molecule has 0 unspecified atom stereocenters. The van der Waals surface area contributed by atoms with E-state index in [2.05, 4.69) is 10.6 Å². The maximum Gasteiger partial charge on any atom is 0.287 e. The minimum Gasteiger partial charge on any atom is -0.459 e. The minimum absolute atomic E-state index is 0.107. The molecule has 2 aromatic carbocycles. The molecule has 0 spiro atoms. The molecule has 7 heteroatoms. The minimum atomic E-state index is -0.873. The van der Waals surface area contributed by atoms with Crippen molar-refractivity contribution in [3.05, 3.63) is 90.4 Å². The Morgan fingerprint density at radius 3 is 2.21 bits per heavy atom. The smallest absolute Gasteiger partial charge is 0.287 e. The summed E-state index contributed by atoms with van der Waals surface area (Å²) in [6, 6.07) is 20.6. The van der Waals surface area contributed by atoms with E-state index in [9.17, 15) is 14.4 Å². The first-order valence-corrected chi connectivity index (χ1v) is 11.2. The van der Waals surface area contributed by atoms with E-state index in [4.69, 9.17) is 4.42 Å². The third-order valence-electron chi connectivity index (χ3n) is 5.77. The van der Waals surface area contributed by atoms with Gasteiger partial charge in [-0.2, -0.15) is 0 Å². The van der Waals surface area contributed by atoms with Crippen molar-refractivity contribution in [1.29, 1.82) is 0 Å². The Hall–Kier alpha value is -3.87. The number of carbonyl (C=O) groups excluding carboxylic acids is 3. The second-order valence-electron chi connectivity index (χ2n) is 8.06. The highest BCUT2D eigenvalue weighted by Gasteiger charge is 2.34. The van der Waals surface area contributed by atoms with E-state index in [1.165, 1.54) is 17.2 Å². The van der Waals surface area contributed by atoms with Gasteiger partial charge in [0.1, 0.15) is 6.04 Å². The van der Waals surface area contributed by atoms with Crippen molar-refractivity contribution in [1.82, 2.24) is 10.6 Å². The van der Waals surface area contributed by atoms with E-state index in [0.29, 0.717) is 11.3 Å². The number of hydrogen-bond acceptors (Lipinski definition) is 4. The fourth-order valence-electron chi connectivity index (χ4n) is 4.16. The Morgan fingerprint density at radius 1 is 0.909 bits per heavy atom. The van der Waals surface area contributed by atoms with Crippen LogP contribution in [0.5, 0.6) is 0 Å². The number of anilines is 1. The van der Waals surface area contributed by atoms with Gasteiger partial charge in [-0.15, -0.1) is 0 Å². The standard InChI is InChI=1S/C26H27N3O4/c30-23(18-27-25(31)22-16-9-17-33-22)29(21-14-5-2-6-15-21)24(19-10-3-1-4-11-19)26(32)28-20-12-7-8-13-20/h1-6,9-11,14-17,20,24H,7-8,12-13,18H2,(H,27,31)(H,28,32)/t24-/m1/s1. The maximum atomic E-state index is 13.5. The van der Waals surface area contributed by atoms with Gasteiger partial charge in [0, 0.05) is 11.7 Å². The molecule has 0 bridgehead atoms. The normalized spacial score (nSPS) is 14.4. The first-order chi connectivity index (χ1) is 16.1. The Labute approximate surface area is 192 Å². The molecule has 3 aromatic rings. The molecule has 1 atom stereocenters. The highest BCUT2D eigenvalue weighted by molar-refractivity contribution is 6.04. The molecule has 1 heterocycles. The Morgan fingerprint density at radius 2 is 1.58 bits per heavy atom. The lowest BCUT2D eigenvalue weighted by molar-refractivity contribution is -0.126. The summed E-state index contributed by atoms with van der Waals surface area (Å²) in [7, 11) is 0. The SMILES string of the molecule is O=C(NCC(=O)N(c1ccccc1)[C@@H](C(=O)NC1CCCC1)c1ccccc1)c1ccco1. The molecule has 7 nitrogen and oxygen atoms in total. The van der Waals surface area contributed by atoms with Crippen LogP contribution in [-0.2, 0) is 9.59 Å². The summed E-state index contributed by atoms with van der Waals surface area (Å²) in [4.78, 5) is 40.8. The quantitative estimate of drug-likeness (QED) is 0.551. The van der Waals surface area contributed by atoms with Crippen LogP contribution in [0.25, 0.3) is 0 Å². The third kappa shape index (κ3) is 5.49. The molecule has 0 aliphatic heterocycles. The average molecular weight is 446 g/mol. The van der Waals surface area contributed by atoms with Crippen LogP contribution in [0.4, 0.5) is 5.69 Å². The summed E-state index contributed by atoms with van der Waals surface area (Å²) in [5.41, 5.74) is 1.27. The van der Waals surface area contributed by atoms with Crippen LogP contribution in [-0.4, -0.2) is 30.3 Å². The lowest BCUT2D eigenvalue weighted by Crippen LogP contribution is -2.49. The maximum absolute atomic E-state index is 13.5. The average Bonchev–Trinajstić information content (AvgIpc) is 3.56. The number of para-hydroxylation sites is 1. The number of hydrogen-bond donors (Lipinski definition) is 2. The number of furan rings is 1. The largest absolute Gasteiger partial charge is 0.459 e. The molecule has 2 N–H and O–H groups in total. The van der Waals surface area contributed by atoms with Gasteiger partial charge in [0.05, 0.1) is 12.8 Å². The summed E-state index contributed by atoms with van der Waals surface area (Å²) in [5, 5.41) is 5.73. The first-order valence-electron chi connectivity index (χ1n) is 11.2. The van der Waals surface area contributed by atoms with Crippen LogP contribution in [0.3, 0.4) is 0 Å². The number of benzene rings is 2. The predicted molar refractivity (Wildman–Crippen MR) is 125 cm³/mol. The number of carbonyl (C=O) groups is 3. The molecule has 4 rings (SSSR count). The van der Waals surface area contributed by atoms with Crippen molar-refractivity contribution in [3.8, 4) is 0 Å². The van der Waals surface area contributed by atoms with E-state index in [1.807, 2.05) is 48.5 Å². The van der Waals surface area contributed by atoms with Gasteiger partial charge in [0.25, 0.3) is 5.91 Å². The van der Waals surface area contributed by atoms with E-state index in [-0.39, 0.29) is 24.3 Å². The Bertz CT molecular complexity index is 1060. The number of nitrogens with one attached hydrogen (secondary N) is 2. The van der Waals surface area contributed by atoms with Crippen LogP contribution in [0, 0.1) is 0 Å². The molecule has 33 heavy (non-hydrogen) atoms. The predicted octanol–water partition coefficient (Wildman–Crippen LogP) is 3.84. The van der Waals surface area contributed by atoms with Crippen LogP contribution < -0.4 is 15.5 Å². The number of rotatable bonds is 8. The Kier molecular flexibility index (Phi) is 7.19. The second kappa shape index (κ2) is 10.6. The summed E-state index contributed by atoms with van der Waals surface area (Å²) in [6.45, 7) is -0.283. The fourth-order valence-corrected chi connectivity index (χ4v) is 4.16. The van der Waals surface area contributed by atoms with Crippen molar-refractivity contribution >= 4 is 23.4 Å². The molecule has 1 saturated carbocycles. The molecule has 1 aliphatic rings. The van der Waals surface area contributed by atoms with Crippen molar-refractivity contribution in [2.24, 2.45) is 0 Å². The van der Waals surface area contributed by atoms with E-state index in [1.54, 1.807) is 18.2 Å². The lowest BCUT2D eigenvalue weighted by Gasteiger charge is -2.32. The van der Waals surface area contributed by atoms with E-state index < -0.39 is 17.9 Å². The van der Waals surface area contributed by atoms with Crippen molar-refractivity contribution < 1.29 is 18.8 Å². The third-order valence-corrected chi connectivity index (χ3v) is 5.77. The second-order valence-corrected chi connectivity index (χ2v) is 8.06. The summed E-state index contributed by atoms with van der Waals surface area (Å²) in [5.74, 6) is -1.01. The monoisotopic (exact) mass is 445 g/mol. The van der Waals surface area contributed by atoms with Gasteiger partial charge < -0.3 is 15.1 Å². The van der Waals surface area contributed by atoms with Gasteiger partial charge in [0.15, 0.2) is 5.76 Å². The van der Waals surface area contributed by atoms with Gasteiger partial charge >= 0.3 is 0 Å². The number of amides is 3. The summed E-state index contributed by atoms with van der Waals surface area (Å²) in [6.07, 6.45) is 5.44. The van der Waals surface area contributed by atoms with Gasteiger partial charge in [-0.3, -0.25) is 19.3 Å². The van der Waals surface area contributed by atoms with Gasteiger partial charge in [-0.25, -0.2) is 0 Å². The highest BCUT2D eigenvalue weighted by atomic mass is 16.3. The fraction of sp³-hybridized carbons (Fsp3) is 0.269. The summed E-state index contributed by atoms with van der Waals surface area (Å²) >= 11 is 0. The molecule has 0 radical (unpaired) electrons. The summed E-state index contributed by atoms with van der Waals surface area (Å²) < 4.78 is 5.10. The molecule has 1 fully saturated rings. The lowest BCUT2D eigenvalue weighted by atomic mass is 10.0. The van der Waals surface area contributed by atoms with E-state index in [0.717, 1.165) is 25.7 Å². The molecular weight excluding hydrogens is 418 g/mol. The van der Waals surface area contributed by atoms with Gasteiger partial charge in [-0.1, -0.05) is 61.4 Å². The molecule has 3 amide bonds. The van der Waals surface area contributed by atoms with Crippen LogP contribution in [0.1, 0.15) is 47.8 Å². The van der Waals surface area contributed by atoms with Gasteiger partial charge in [-0.05, 0) is 42.7 Å². The van der Waals surface area contributed by atoms with Crippen LogP contribution in [0.15, 0.2) is 83.5 Å². The molecule has 1 aromatic heterocycles. The van der Waals surface area contributed by atoms with Crippen molar-refractivity contribution in [2.75, 3.05) is 11.4 Å². The highest BCUT2D eigenvalue weighted by Crippen LogP contribution is 2.29. The zero-order valence-electron chi connectivity index (χ0n) is 18.3. The van der Waals surface area contributed by atoms with Crippen LogP contribution in [0.2, 0.25) is 0 Å². The molecule has 0 saturated heterocycles. The molecule has 1 aliphatic carbocycles. The van der Waals surface area contributed by atoms with E-state index >= 15 is 0 Å².